The summed E-state index contributed by atoms with van der Waals surface area (Å²) in [6.07, 6.45) is 0.0929. The summed E-state index contributed by atoms with van der Waals surface area (Å²) in [5.74, 6) is -0.312. The molecule has 0 aliphatic carbocycles. The van der Waals surface area contributed by atoms with Crippen LogP contribution in [-0.4, -0.2) is 20.9 Å². The second kappa shape index (κ2) is 7.92. The van der Waals surface area contributed by atoms with E-state index in [0.717, 1.165) is 11.1 Å². The van der Waals surface area contributed by atoms with E-state index in [2.05, 4.69) is 10.0 Å². The first-order chi connectivity index (χ1) is 11.8. The van der Waals surface area contributed by atoms with Crippen molar-refractivity contribution in [2.24, 2.45) is 0 Å². The largest absolute Gasteiger partial charge is 0.322 e. The molecule has 0 spiro atoms. The first-order valence-electron chi connectivity index (χ1n) is 7.69. The normalized spacial score (nSPS) is 10.9. The molecule has 0 unspecified atom stereocenters. The number of nitrogens with zero attached hydrogens (tertiary/aromatic N) is 1. The molecular weight excluding hydrogens is 338 g/mol. The zero-order valence-corrected chi connectivity index (χ0v) is 14.9. The lowest BCUT2D eigenvalue weighted by Gasteiger charge is -2.10. The van der Waals surface area contributed by atoms with Crippen LogP contribution in [0.5, 0.6) is 0 Å². The number of carbonyl (C=O) groups is 1. The molecule has 2 N–H and O–H groups in total. The van der Waals surface area contributed by atoms with Crippen molar-refractivity contribution in [3.05, 3.63) is 59.2 Å². The van der Waals surface area contributed by atoms with Crippen molar-refractivity contribution >= 4 is 21.6 Å². The Bertz CT molecular complexity index is 914. The van der Waals surface area contributed by atoms with Gasteiger partial charge < -0.3 is 5.32 Å². The van der Waals surface area contributed by atoms with Gasteiger partial charge in [0.05, 0.1) is 11.0 Å². The summed E-state index contributed by atoms with van der Waals surface area (Å²) in [4.78, 5) is 12.4. The number of nitrogens with one attached hydrogen (secondary N) is 2. The van der Waals surface area contributed by atoms with Crippen LogP contribution in [0.4, 0.5) is 5.69 Å². The Balaban J connectivity index is 2.11. The fourth-order valence-electron chi connectivity index (χ4n) is 2.26. The summed E-state index contributed by atoms with van der Waals surface area (Å²) in [5.41, 5.74) is 3.13. The molecule has 2 aromatic carbocycles. The van der Waals surface area contributed by atoms with Crippen LogP contribution in [0.15, 0.2) is 47.4 Å². The molecule has 0 atom stereocenters. The highest BCUT2D eigenvalue weighted by molar-refractivity contribution is 7.89. The summed E-state index contributed by atoms with van der Waals surface area (Å²) >= 11 is 0. The van der Waals surface area contributed by atoms with Crippen LogP contribution in [0.3, 0.4) is 0 Å². The second-order valence-electron chi connectivity index (χ2n) is 5.60. The van der Waals surface area contributed by atoms with Gasteiger partial charge in [0.15, 0.2) is 0 Å². The first kappa shape index (κ1) is 18.6. The van der Waals surface area contributed by atoms with Crippen molar-refractivity contribution in [1.82, 2.24) is 4.72 Å². The van der Waals surface area contributed by atoms with Gasteiger partial charge in [-0.25, -0.2) is 13.1 Å². The van der Waals surface area contributed by atoms with E-state index in [0.29, 0.717) is 11.3 Å². The SMILES string of the molecule is Cc1ccc(NC(=O)c2ccc(S(=O)(=O)NCCC#N)cc2)c(C)c1. The third-order valence-corrected chi connectivity index (χ3v) is 5.06. The van der Waals surface area contributed by atoms with E-state index in [1.807, 2.05) is 38.1 Å². The monoisotopic (exact) mass is 357 g/mol. The third-order valence-electron chi connectivity index (χ3n) is 3.59. The lowest BCUT2D eigenvalue weighted by molar-refractivity contribution is 0.102. The molecule has 0 aliphatic heterocycles. The quantitative estimate of drug-likeness (QED) is 0.777. The number of hydrogen-bond donors (Lipinski definition) is 2. The van der Waals surface area contributed by atoms with E-state index in [1.165, 1.54) is 24.3 Å². The molecule has 2 rings (SSSR count). The van der Waals surface area contributed by atoms with Crippen molar-refractivity contribution in [3.63, 3.8) is 0 Å². The molecule has 7 heteroatoms. The molecule has 1 amide bonds. The molecule has 0 fully saturated rings. The fraction of sp³-hybridized carbons (Fsp3) is 0.222. The fourth-order valence-corrected chi connectivity index (χ4v) is 3.29. The van der Waals surface area contributed by atoms with Crippen LogP contribution in [-0.2, 0) is 10.0 Å². The predicted octanol–water partition coefficient (Wildman–Crippen LogP) is 2.75. The highest BCUT2D eigenvalue weighted by Gasteiger charge is 2.14. The molecule has 0 aromatic heterocycles. The van der Waals surface area contributed by atoms with Crippen molar-refractivity contribution in [2.75, 3.05) is 11.9 Å². The van der Waals surface area contributed by atoms with Gasteiger partial charge in [-0.3, -0.25) is 4.79 Å². The molecule has 25 heavy (non-hydrogen) atoms. The lowest BCUT2D eigenvalue weighted by Crippen LogP contribution is -2.24. The second-order valence-corrected chi connectivity index (χ2v) is 7.37. The van der Waals surface area contributed by atoms with Gasteiger partial charge in [0, 0.05) is 24.2 Å². The van der Waals surface area contributed by atoms with Gasteiger partial charge >= 0.3 is 0 Å². The maximum Gasteiger partial charge on any atom is 0.255 e. The average molecular weight is 357 g/mol. The third kappa shape index (κ3) is 4.89. The van der Waals surface area contributed by atoms with Crippen LogP contribution in [0, 0.1) is 25.2 Å². The minimum absolute atomic E-state index is 0.0494. The summed E-state index contributed by atoms with van der Waals surface area (Å²) in [6, 6.07) is 13.2. The van der Waals surface area contributed by atoms with Crippen LogP contribution < -0.4 is 10.0 Å². The number of anilines is 1. The van der Waals surface area contributed by atoms with E-state index < -0.39 is 10.0 Å². The summed E-state index contributed by atoms with van der Waals surface area (Å²) in [7, 11) is -3.68. The predicted molar refractivity (Wildman–Crippen MR) is 95.7 cm³/mol. The standard InChI is InChI=1S/C18H19N3O3S/c1-13-4-9-17(14(2)12-13)21-18(22)15-5-7-16(8-6-15)25(23,24)20-11-3-10-19/h4-9,12,20H,3,11H2,1-2H3,(H,21,22). The van der Waals surface area contributed by atoms with Gasteiger partial charge in [-0.05, 0) is 49.7 Å². The maximum absolute atomic E-state index is 12.3. The van der Waals surface area contributed by atoms with Gasteiger partial charge in [0.25, 0.3) is 5.91 Å². The van der Waals surface area contributed by atoms with Crippen LogP contribution in [0.25, 0.3) is 0 Å². The molecule has 0 saturated heterocycles. The molecule has 130 valence electrons. The number of nitriles is 1. The van der Waals surface area contributed by atoms with E-state index in [4.69, 9.17) is 5.26 Å². The number of aryl methyl sites for hydroxylation is 2. The highest BCUT2D eigenvalue weighted by atomic mass is 32.2. The van der Waals surface area contributed by atoms with Crippen molar-refractivity contribution in [3.8, 4) is 6.07 Å². The van der Waals surface area contributed by atoms with Crippen molar-refractivity contribution in [2.45, 2.75) is 25.2 Å². The number of sulfonamides is 1. The Hall–Kier alpha value is -2.69. The lowest BCUT2D eigenvalue weighted by atomic mass is 10.1. The number of rotatable bonds is 6. The van der Waals surface area contributed by atoms with Crippen molar-refractivity contribution < 1.29 is 13.2 Å². The van der Waals surface area contributed by atoms with Gasteiger partial charge in [-0.1, -0.05) is 17.7 Å². The van der Waals surface area contributed by atoms with Crippen LogP contribution >= 0.6 is 0 Å². The van der Waals surface area contributed by atoms with Gasteiger partial charge in [-0.2, -0.15) is 5.26 Å². The Labute approximate surface area is 147 Å². The number of carbonyl (C=O) groups excluding carboxylic acids is 1. The molecule has 0 saturated carbocycles. The van der Waals surface area contributed by atoms with Crippen LogP contribution in [0.1, 0.15) is 27.9 Å². The Morgan fingerprint density at radius 2 is 1.80 bits per heavy atom. The summed E-state index contributed by atoms with van der Waals surface area (Å²) in [6.45, 7) is 3.93. The Kier molecular flexibility index (Phi) is 5.91. The zero-order chi connectivity index (χ0) is 18.4. The summed E-state index contributed by atoms with van der Waals surface area (Å²) in [5, 5.41) is 11.3. The minimum Gasteiger partial charge on any atom is -0.322 e. The number of benzene rings is 2. The van der Waals surface area contributed by atoms with Crippen molar-refractivity contribution in [1.29, 1.82) is 5.26 Å². The maximum atomic E-state index is 12.3. The molecule has 0 aliphatic rings. The van der Waals surface area contributed by atoms with E-state index >= 15 is 0 Å². The van der Waals surface area contributed by atoms with E-state index in [-0.39, 0.29) is 23.8 Å². The molecule has 2 aromatic rings. The van der Waals surface area contributed by atoms with Gasteiger partial charge in [0.2, 0.25) is 10.0 Å². The molecule has 6 nitrogen and oxygen atoms in total. The first-order valence-corrected chi connectivity index (χ1v) is 9.17. The van der Waals surface area contributed by atoms with E-state index in [9.17, 15) is 13.2 Å². The minimum atomic E-state index is -3.68. The topological polar surface area (TPSA) is 99.1 Å². The van der Waals surface area contributed by atoms with Gasteiger partial charge in [0.1, 0.15) is 0 Å². The van der Waals surface area contributed by atoms with Crippen LogP contribution in [0.2, 0.25) is 0 Å². The van der Waals surface area contributed by atoms with E-state index in [1.54, 1.807) is 0 Å². The average Bonchev–Trinajstić information content (AvgIpc) is 2.57. The molecule has 0 bridgehead atoms. The molecule has 0 radical (unpaired) electrons. The summed E-state index contributed by atoms with van der Waals surface area (Å²) < 4.78 is 26.4. The number of amides is 1. The highest BCUT2D eigenvalue weighted by Crippen LogP contribution is 2.18. The van der Waals surface area contributed by atoms with Gasteiger partial charge in [-0.15, -0.1) is 0 Å². The molecule has 0 heterocycles. The Morgan fingerprint density at radius 3 is 2.40 bits per heavy atom. The number of hydrogen-bond acceptors (Lipinski definition) is 4. The molecular formula is C18H19N3O3S. The Morgan fingerprint density at radius 1 is 1.12 bits per heavy atom. The smallest absolute Gasteiger partial charge is 0.255 e. The zero-order valence-electron chi connectivity index (χ0n) is 14.0.